The Morgan fingerprint density at radius 2 is 1.81 bits per heavy atom. The van der Waals surface area contributed by atoms with Gasteiger partial charge in [-0.15, -0.1) is 0 Å². The van der Waals surface area contributed by atoms with Gasteiger partial charge in [0.2, 0.25) is 10.0 Å². The molecule has 2 atom stereocenters. The quantitative estimate of drug-likeness (QED) is 0.831. The highest BCUT2D eigenvalue weighted by Crippen LogP contribution is 2.31. The maximum Gasteiger partial charge on any atom is 0.244 e. The van der Waals surface area contributed by atoms with Crippen LogP contribution < -0.4 is 5.73 Å². The van der Waals surface area contributed by atoms with E-state index in [0.29, 0.717) is 0 Å². The van der Waals surface area contributed by atoms with E-state index in [4.69, 9.17) is 26.8 Å². The maximum absolute atomic E-state index is 13.3. The van der Waals surface area contributed by atoms with Crippen molar-refractivity contribution in [1.82, 2.24) is 4.31 Å². The summed E-state index contributed by atoms with van der Waals surface area (Å²) in [5.74, 6) is -0.759. The SMILES string of the molecule is COC1CN(S(=O)(=O)c2cc(N)c(F)cc2Cl)CC1OC. The third-order valence-electron chi connectivity index (χ3n) is 3.46. The molecule has 0 radical (unpaired) electrons. The molecule has 0 aliphatic carbocycles. The topological polar surface area (TPSA) is 81.9 Å². The Hall–Kier alpha value is -0.930. The standard InChI is InChI=1S/C12H16ClFN2O4S/c1-19-10-5-16(6-11(10)20-2)21(17,18)12-4-9(15)8(14)3-7(12)13/h3-4,10-11H,5-6,15H2,1-2H3. The number of ether oxygens (including phenoxy) is 2. The number of halogens is 2. The van der Waals surface area contributed by atoms with Crippen molar-refractivity contribution in [2.45, 2.75) is 17.1 Å². The molecule has 1 aliphatic heterocycles. The van der Waals surface area contributed by atoms with Crippen molar-refractivity contribution in [1.29, 1.82) is 0 Å². The highest BCUT2D eigenvalue weighted by molar-refractivity contribution is 7.89. The van der Waals surface area contributed by atoms with Crippen molar-refractivity contribution in [3.8, 4) is 0 Å². The van der Waals surface area contributed by atoms with Gasteiger partial charge in [-0.1, -0.05) is 11.6 Å². The lowest BCUT2D eigenvalue weighted by Gasteiger charge is -2.17. The Balaban J connectivity index is 2.38. The van der Waals surface area contributed by atoms with Crippen LogP contribution in [0.5, 0.6) is 0 Å². The van der Waals surface area contributed by atoms with Crippen LogP contribution in [-0.4, -0.2) is 52.2 Å². The molecule has 0 spiro atoms. The molecule has 1 aromatic rings. The van der Waals surface area contributed by atoms with Gasteiger partial charge in [0, 0.05) is 27.3 Å². The molecule has 0 aromatic heterocycles. The first-order chi connectivity index (χ1) is 9.81. The van der Waals surface area contributed by atoms with Gasteiger partial charge in [-0.2, -0.15) is 4.31 Å². The second-order valence-corrected chi connectivity index (χ2v) is 6.99. The molecule has 0 amide bonds. The smallest absolute Gasteiger partial charge is 0.244 e. The molecular formula is C12H16ClFN2O4S. The summed E-state index contributed by atoms with van der Waals surface area (Å²) >= 11 is 5.84. The summed E-state index contributed by atoms with van der Waals surface area (Å²) in [5, 5.41) is -0.212. The number of hydrogen-bond acceptors (Lipinski definition) is 5. The highest BCUT2D eigenvalue weighted by Gasteiger charge is 2.40. The highest BCUT2D eigenvalue weighted by atomic mass is 35.5. The number of sulfonamides is 1. The average molecular weight is 339 g/mol. The Labute approximate surface area is 127 Å². The number of methoxy groups -OCH3 is 2. The van der Waals surface area contributed by atoms with Crippen LogP contribution in [0.25, 0.3) is 0 Å². The fourth-order valence-corrected chi connectivity index (χ4v) is 4.23. The third kappa shape index (κ3) is 3.00. The van der Waals surface area contributed by atoms with E-state index in [1.165, 1.54) is 18.5 Å². The Morgan fingerprint density at radius 3 is 2.29 bits per heavy atom. The van der Waals surface area contributed by atoms with Gasteiger partial charge < -0.3 is 15.2 Å². The van der Waals surface area contributed by atoms with Gasteiger partial charge in [0.25, 0.3) is 0 Å². The van der Waals surface area contributed by atoms with E-state index < -0.39 is 15.8 Å². The molecule has 2 unspecified atom stereocenters. The normalized spacial score (nSPS) is 23.6. The Morgan fingerprint density at radius 1 is 1.29 bits per heavy atom. The molecule has 0 bridgehead atoms. The first-order valence-corrected chi connectivity index (χ1v) is 7.93. The van der Waals surface area contributed by atoms with Crippen LogP contribution in [0.4, 0.5) is 10.1 Å². The number of nitrogens with zero attached hydrogens (tertiary/aromatic N) is 1. The molecule has 6 nitrogen and oxygen atoms in total. The summed E-state index contributed by atoms with van der Waals surface area (Å²) in [7, 11) is -0.936. The second-order valence-electron chi connectivity index (χ2n) is 4.67. The summed E-state index contributed by atoms with van der Waals surface area (Å²) < 4.78 is 50.1. The lowest BCUT2D eigenvalue weighted by atomic mass is 10.3. The molecule has 1 aromatic carbocycles. The van der Waals surface area contributed by atoms with Crippen molar-refractivity contribution in [2.75, 3.05) is 33.0 Å². The van der Waals surface area contributed by atoms with Crippen LogP contribution in [0, 0.1) is 5.82 Å². The first-order valence-electron chi connectivity index (χ1n) is 6.11. The van der Waals surface area contributed by atoms with E-state index >= 15 is 0 Å². The average Bonchev–Trinajstić information content (AvgIpc) is 2.86. The van der Waals surface area contributed by atoms with Crippen LogP contribution in [0.3, 0.4) is 0 Å². The van der Waals surface area contributed by atoms with Gasteiger partial charge in [-0.25, -0.2) is 12.8 Å². The molecular weight excluding hydrogens is 323 g/mol. The van der Waals surface area contributed by atoms with E-state index in [1.807, 2.05) is 0 Å². The van der Waals surface area contributed by atoms with E-state index in [-0.39, 0.29) is 40.9 Å². The second kappa shape index (κ2) is 6.05. The van der Waals surface area contributed by atoms with Crippen molar-refractivity contribution < 1.29 is 22.3 Å². The van der Waals surface area contributed by atoms with Gasteiger partial charge in [-0.05, 0) is 12.1 Å². The number of nitrogen functional groups attached to an aromatic ring is 1. The summed E-state index contributed by atoms with van der Waals surface area (Å²) in [6.45, 7) is 0.260. The zero-order valence-corrected chi connectivity index (χ0v) is 13.1. The van der Waals surface area contributed by atoms with E-state index in [1.54, 1.807) is 0 Å². The molecule has 118 valence electrons. The Bertz CT molecular complexity index is 628. The molecule has 2 rings (SSSR count). The number of hydrogen-bond donors (Lipinski definition) is 1. The molecule has 1 fully saturated rings. The Kier molecular flexibility index (Phi) is 4.74. The monoisotopic (exact) mass is 338 g/mol. The van der Waals surface area contributed by atoms with Gasteiger partial charge >= 0.3 is 0 Å². The summed E-state index contributed by atoms with van der Waals surface area (Å²) in [4.78, 5) is -0.227. The van der Waals surface area contributed by atoms with Gasteiger partial charge in [0.1, 0.15) is 10.7 Å². The van der Waals surface area contributed by atoms with Crippen molar-refractivity contribution in [2.24, 2.45) is 0 Å². The van der Waals surface area contributed by atoms with E-state index in [0.717, 1.165) is 12.1 Å². The fourth-order valence-electron chi connectivity index (χ4n) is 2.24. The van der Waals surface area contributed by atoms with Gasteiger partial charge in [0.05, 0.1) is 22.9 Å². The van der Waals surface area contributed by atoms with Crippen molar-refractivity contribution >= 4 is 27.3 Å². The van der Waals surface area contributed by atoms with Crippen LogP contribution >= 0.6 is 11.6 Å². The zero-order valence-electron chi connectivity index (χ0n) is 11.5. The molecule has 0 saturated carbocycles. The molecule has 1 aliphatic rings. The predicted octanol–water partition coefficient (Wildman–Crippen LogP) is 1.10. The zero-order chi connectivity index (χ0) is 15.8. The minimum absolute atomic E-state index is 0.130. The molecule has 2 N–H and O–H groups in total. The molecule has 1 heterocycles. The maximum atomic E-state index is 13.3. The summed E-state index contributed by atoms with van der Waals surface area (Å²) in [5.41, 5.74) is 5.15. The number of benzene rings is 1. The van der Waals surface area contributed by atoms with Crippen LogP contribution in [0.2, 0.25) is 5.02 Å². The van der Waals surface area contributed by atoms with Crippen molar-refractivity contribution in [3.05, 3.63) is 23.0 Å². The lowest BCUT2D eigenvalue weighted by molar-refractivity contribution is -0.00461. The van der Waals surface area contributed by atoms with Crippen LogP contribution in [0.15, 0.2) is 17.0 Å². The minimum atomic E-state index is -3.90. The lowest BCUT2D eigenvalue weighted by Crippen LogP contribution is -2.30. The number of anilines is 1. The van der Waals surface area contributed by atoms with E-state index in [9.17, 15) is 12.8 Å². The minimum Gasteiger partial charge on any atom is -0.396 e. The van der Waals surface area contributed by atoms with Gasteiger partial charge in [0.15, 0.2) is 0 Å². The fraction of sp³-hybridized carbons (Fsp3) is 0.500. The largest absolute Gasteiger partial charge is 0.396 e. The third-order valence-corrected chi connectivity index (χ3v) is 5.75. The van der Waals surface area contributed by atoms with E-state index in [2.05, 4.69) is 0 Å². The summed E-state index contributed by atoms with van der Waals surface area (Å²) in [6, 6.07) is 1.91. The molecule has 9 heteroatoms. The van der Waals surface area contributed by atoms with Crippen molar-refractivity contribution in [3.63, 3.8) is 0 Å². The molecule has 1 saturated heterocycles. The number of nitrogens with two attached hydrogens (primary N) is 1. The summed E-state index contributed by atoms with van der Waals surface area (Å²) in [6.07, 6.45) is -0.748. The van der Waals surface area contributed by atoms with Gasteiger partial charge in [-0.3, -0.25) is 0 Å². The first kappa shape index (κ1) is 16.4. The molecule has 21 heavy (non-hydrogen) atoms. The predicted molar refractivity (Wildman–Crippen MR) is 76.2 cm³/mol. The van der Waals surface area contributed by atoms with Crippen LogP contribution in [0.1, 0.15) is 0 Å². The number of rotatable bonds is 4. The van der Waals surface area contributed by atoms with Crippen LogP contribution in [-0.2, 0) is 19.5 Å².